The number of amidine groups is 1. The quantitative estimate of drug-likeness (QED) is 0.131. The number of halogens is 2. The first-order valence-corrected chi connectivity index (χ1v) is 13.7. The molecule has 3 aromatic rings. The van der Waals surface area contributed by atoms with Gasteiger partial charge in [-0.25, -0.2) is 18.8 Å². The van der Waals surface area contributed by atoms with Crippen molar-refractivity contribution in [3.05, 3.63) is 78.4 Å². The Morgan fingerprint density at radius 1 is 1.27 bits per heavy atom. The minimum Gasteiger partial charge on any atom is -0.507 e. The number of amides is 2. The van der Waals surface area contributed by atoms with E-state index >= 15 is 4.39 Å². The van der Waals surface area contributed by atoms with Crippen LogP contribution in [0.25, 0.3) is 11.3 Å². The summed E-state index contributed by atoms with van der Waals surface area (Å²) in [6.07, 6.45) is 3.45. The van der Waals surface area contributed by atoms with Crippen molar-refractivity contribution in [2.75, 3.05) is 31.2 Å². The number of phenols is 1. The summed E-state index contributed by atoms with van der Waals surface area (Å²) in [6, 6.07) is 13.5. The van der Waals surface area contributed by atoms with E-state index in [4.69, 9.17) is 4.99 Å². The molecule has 2 aromatic carbocycles. The maximum absolute atomic E-state index is 15.7. The first-order valence-electron chi connectivity index (χ1n) is 12.5. The fourth-order valence-electron chi connectivity index (χ4n) is 4.62. The second-order valence-electron chi connectivity index (χ2n) is 8.92. The van der Waals surface area contributed by atoms with Gasteiger partial charge in [0.15, 0.2) is 5.82 Å². The highest BCUT2D eigenvalue weighted by Crippen LogP contribution is 2.35. The zero-order chi connectivity index (χ0) is 29.5. The van der Waals surface area contributed by atoms with Gasteiger partial charge in [-0.2, -0.15) is 5.26 Å². The third kappa shape index (κ3) is 6.20. The van der Waals surface area contributed by atoms with Gasteiger partial charge in [-0.3, -0.25) is 9.59 Å². The Morgan fingerprint density at radius 3 is 2.73 bits per heavy atom. The molecule has 1 aliphatic rings. The topological polar surface area (TPSA) is 122 Å². The molecule has 4 rings (SSSR count). The number of anilines is 1. The van der Waals surface area contributed by atoms with Crippen molar-refractivity contribution in [1.82, 2.24) is 14.8 Å². The highest BCUT2D eigenvalue weighted by atomic mass is 32.2. The van der Waals surface area contributed by atoms with Gasteiger partial charge < -0.3 is 20.2 Å². The zero-order valence-corrected chi connectivity index (χ0v) is 22.9. The summed E-state index contributed by atoms with van der Waals surface area (Å²) in [5.41, 5.74) is -0.308. The molecule has 1 fully saturated rings. The number of nitriles is 1. The Balaban J connectivity index is 1.92. The Bertz CT molecular complexity index is 1540. The number of carbonyl (C=O) groups is 2. The van der Waals surface area contributed by atoms with E-state index < -0.39 is 34.7 Å². The lowest BCUT2D eigenvalue weighted by atomic mass is 10.0. The lowest BCUT2D eigenvalue weighted by Crippen LogP contribution is -2.56. The smallest absolute Gasteiger partial charge is 0.246 e. The van der Waals surface area contributed by atoms with E-state index in [0.717, 1.165) is 17.0 Å². The molecule has 0 saturated carbocycles. The van der Waals surface area contributed by atoms with E-state index in [1.54, 1.807) is 21.9 Å². The molecule has 210 valence electrons. The molecule has 1 unspecified atom stereocenters. The monoisotopic (exact) mass is 576 g/mol. The summed E-state index contributed by atoms with van der Waals surface area (Å²) >= 11 is 1.45. The number of hydrogen-bond donors (Lipinski definition) is 2. The first kappa shape index (κ1) is 29.2. The predicted molar refractivity (Wildman–Crippen MR) is 153 cm³/mol. The summed E-state index contributed by atoms with van der Waals surface area (Å²) in [4.78, 5) is 37.3. The van der Waals surface area contributed by atoms with Crippen molar-refractivity contribution in [1.29, 1.82) is 5.26 Å². The minimum absolute atomic E-state index is 0.0301. The van der Waals surface area contributed by atoms with Gasteiger partial charge in [0.25, 0.3) is 0 Å². The summed E-state index contributed by atoms with van der Waals surface area (Å²) in [5.74, 6) is -2.60. The largest absolute Gasteiger partial charge is 0.507 e. The van der Waals surface area contributed by atoms with Gasteiger partial charge in [0.05, 0.1) is 35.3 Å². The average Bonchev–Trinajstić information content (AvgIpc) is 2.97. The van der Waals surface area contributed by atoms with E-state index in [9.17, 15) is 24.3 Å². The molecule has 12 heteroatoms. The minimum atomic E-state index is -0.961. The van der Waals surface area contributed by atoms with Crippen LogP contribution < -0.4 is 5.32 Å². The second kappa shape index (κ2) is 13.1. The van der Waals surface area contributed by atoms with Crippen LogP contribution >= 0.6 is 11.8 Å². The number of benzene rings is 2. The first-order chi connectivity index (χ1) is 19.8. The molecule has 1 aromatic heterocycles. The van der Waals surface area contributed by atoms with Crippen LogP contribution in [0.2, 0.25) is 0 Å². The summed E-state index contributed by atoms with van der Waals surface area (Å²) in [7, 11) is 0. The standard InChI is InChI=1S/C29H26F2N6O3S/c1-3-25(40)37-14-13-36(16-18(37)11-12-32)29(34-22-8-4-5-10-24(22)41-2)19-15-21(31)27(35-28(19)33-17-38)26-20(30)7-6-9-23(26)39/h3-10,15,17-18,39H,1,11,13-14,16H2,2H3,(H,33,35,38)/b34-29+. The summed E-state index contributed by atoms with van der Waals surface area (Å²) in [5, 5.41) is 22.2. The number of piperazine rings is 1. The normalized spacial score (nSPS) is 15.3. The Labute approximate surface area is 239 Å². The maximum atomic E-state index is 15.7. The highest BCUT2D eigenvalue weighted by molar-refractivity contribution is 7.98. The fraction of sp³-hybridized carbons (Fsp3) is 0.207. The van der Waals surface area contributed by atoms with Crippen molar-refractivity contribution in [3.63, 3.8) is 0 Å². The molecule has 0 radical (unpaired) electrons. The second-order valence-corrected chi connectivity index (χ2v) is 9.76. The lowest BCUT2D eigenvalue weighted by Gasteiger charge is -2.41. The van der Waals surface area contributed by atoms with E-state index in [-0.39, 0.29) is 49.2 Å². The van der Waals surface area contributed by atoms with Gasteiger partial charge >= 0.3 is 0 Å². The van der Waals surface area contributed by atoms with E-state index in [0.29, 0.717) is 12.1 Å². The third-order valence-electron chi connectivity index (χ3n) is 6.52. The molecule has 2 N–H and O–H groups in total. The van der Waals surface area contributed by atoms with Crippen LogP contribution in [0.4, 0.5) is 20.3 Å². The van der Waals surface area contributed by atoms with Gasteiger partial charge in [0, 0.05) is 24.5 Å². The SMILES string of the molecule is C=CC(=O)N1CCN(/C(=N/c2ccccc2SC)c2cc(F)c(-c3c(O)cccc3F)nc2NC=O)CC1CC#N. The number of nitrogens with zero attached hydrogens (tertiary/aromatic N) is 5. The van der Waals surface area contributed by atoms with Gasteiger partial charge in [-0.1, -0.05) is 24.8 Å². The molecule has 1 aliphatic heterocycles. The number of phenolic OH excluding ortho intramolecular Hbond substituents is 1. The highest BCUT2D eigenvalue weighted by Gasteiger charge is 2.33. The maximum Gasteiger partial charge on any atom is 0.246 e. The summed E-state index contributed by atoms with van der Waals surface area (Å²) < 4.78 is 30.3. The van der Waals surface area contributed by atoms with Crippen LogP contribution in [0.1, 0.15) is 12.0 Å². The Hall–Kier alpha value is -4.76. The third-order valence-corrected chi connectivity index (χ3v) is 7.30. The molecule has 9 nitrogen and oxygen atoms in total. The molecule has 0 spiro atoms. The number of carbonyl (C=O) groups excluding carboxylic acids is 2. The molecular weight excluding hydrogens is 550 g/mol. The van der Waals surface area contributed by atoms with Crippen molar-refractivity contribution < 1.29 is 23.5 Å². The van der Waals surface area contributed by atoms with Crippen molar-refractivity contribution in [2.45, 2.75) is 17.4 Å². The van der Waals surface area contributed by atoms with E-state index in [1.165, 1.54) is 30.0 Å². The molecule has 41 heavy (non-hydrogen) atoms. The van der Waals surface area contributed by atoms with Gasteiger partial charge in [0.2, 0.25) is 12.3 Å². The number of thioether (sulfide) groups is 1. The van der Waals surface area contributed by atoms with Crippen LogP contribution in [0, 0.1) is 23.0 Å². The number of aliphatic imine (C=N–C) groups is 1. The Morgan fingerprint density at radius 2 is 2.05 bits per heavy atom. The molecule has 2 heterocycles. The number of hydrogen-bond acceptors (Lipinski definition) is 7. The number of para-hydroxylation sites is 1. The lowest BCUT2D eigenvalue weighted by molar-refractivity contribution is -0.130. The van der Waals surface area contributed by atoms with Crippen LogP contribution in [-0.4, -0.2) is 70.0 Å². The average molecular weight is 577 g/mol. The van der Waals surface area contributed by atoms with Gasteiger partial charge in [-0.05, 0) is 42.7 Å². The van der Waals surface area contributed by atoms with Crippen LogP contribution in [0.3, 0.4) is 0 Å². The molecule has 2 amide bonds. The van der Waals surface area contributed by atoms with Crippen LogP contribution in [0.15, 0.2) is 71.1 Å². The van der Waals surface area contributed by atoms with Gasteiger partial charge in [0.1, 0.15) is 28.9 Å². The van der Waals surface area contributed by atoms with Gasteiger partial charge in [-0.15, -0.1) is 11.8 Å². The number of aromatic hydroxyl groups is 1. The number of pyridine rings is 1. The molecule has 1 atom stereocenters. The predicted octanol–water partition coefficient (Wildman–Crippen LogP) is 4.71. The van der Waals surface area contributed by atoms with Crippen LogP contribution in [0.5, 0.6) is 5.75 Å². The molecule has 0 bridgehead atoms. The summed E-state index contributed by atoms with van der Waals surface area (Å²) in [6.45, 7) is 4.21. The molecule has 1 saturated heterocycles. The molecule has 0 aliphatic carbocycles. The van der Waals surface area contributed by atoms with Crippen molar-refractivity contribution >= 4 is 41.4 Å². The number of rotatable bonds is 8. The number of aromatic nitrogens is 1. The van der Waals surface area contributed by atoms with Crippen molar-refractivity contribution in [3.8, 4) is 23.1 Å². The zero-order valence-electron chi connectivity index (χ0n) is 22.1. The fourth-order valence-corrected chi connectivity index (χ4v) is 5.16. The number of nitrogens with one attached hydrogen (secondary N) is 1. The Kier molecular flexibility index (Phi) is 9.31. The van der Waals surface area contributed by atoms with E-state index in [2.05, 4.69) is 22.9 Å². The molecular formula is C29H26F2N6O3S. The van der Waals surface area contributed by atoms with Crippen molar-refractivity contribution in [2.24, 2.45) is 4.99 Å². The van der Waals surface area contributed by atoms with E-state index in [1.807, 2.05) is 18.4 Å². The van der Waals surface area contributed by atoms with Crippen LogP contribution in [-0.2, 0) is 9.59 Å².